The third-order valence-electron chi connectivity index (χ3n) is 6.11. The number of hydrogen-bond donors (Lipinski definition) is 1. The number of piperidine rings is 1. The van der Waals surface area contributed by atoms with Crippen LogP contribution in [0.3, 0.4) is 0 Å². The Morgan fingerprint density at radius 2 is 1.71 bits per heavy atom. The van der Waals surface area contributed by atoms with Crippen LogP contribution in [0.15, 0.2) is 48.5 Å². The van der Waals surface area contributed by atoms with Crippen molar-refractivity contribution in [2.24, 2.45) is 5.92 Å². The molecule has 0 radical (unpaired) electrons. The summed E-state index contributed by atoms with van der Waals surface area (Å²) in [5.74, 6) is -0.262. The fourth-order valence-electron chi connectivity index (χ4n) is 4.27. The smallest absolute Gasteiger partial charge is 0.228 e. The van der Waals surface area contributed by atoms with Gasteiger partial charge in [-0.25, -0.2) is 12.7 Å². The van der Waals surface area contributed by atoms with Crippen LogP contribution in [-0.4, -0.2) is 37.5 Å². The van der Waals surface area contributed by atoms with Gasteiger partial charge in [-0.3, -0.25) is 4.79 Å². The maximum atomic E-state index is 13.0. The summed E-state index contributed by atoms with van der Waals surface area (Å²) in [6.07, 6.45) is 4.45. The summed E-state index contributed by atoms with van der Waals surface area (Å²) in [4.78, 5) is 13.0. The SMILES string of the molecule is CCc1cccc(CC)c1NC(=O)C1CCCN(S(=O)(=O)CCCc2ccccc2)C1. The number of carbonyl (C=O) groups excluding carboxylic acids is 1. The van der Waals surface area contributed by atoms with Gasteiger partial charge in [-0.1, -0.05) is 62.4 Å². The summed E-state index contributed by atoms with van der Waals surface area (Å²) < 4.78 is 27.3. The molecular weight excluding hydrogens is 408 g/mol. The number of anilines is 1. The van der Waals surface area contributed by atoms with E-state index in [9.17, 15) is 13.2 Å². The van der Waals surface area contributed by atoms with E-state index in [1.807, 2.05) is 48.5 Å². The predicted molar refractivity (Wildman–Crippen MR) is 127 cm³/mol. The van der Waals surface area contributed by atoms with Gasteiger partial charge in [-0.2, -0.15) is 0 Å². The zero-order valence-corrected chi connectivity index (χ0v) is 19.5. The van der Waals surface area contributed by atoms with E-state index in [0.29, 0.717) is 19.4 Å². The molecule has 1 unspecified atom stereocenters. The number of aryl methyl sites for hydroxylation is 3. The molecule has 3 rings (SSSR count). The van der Waals surface area contributed by atoms with Crippen molar-refractivity contribution >= 4 is 21.6 Å². The molecule has 1 aliphatic heterocycles. The highest BCUT2D eigenvalue weighted by molar-refractivity contribution is 7.89. The summed E-state index contributed by atoms with van der Waals surface area (Å²) in [5, 5.41) is 3.13. The maximum Gasteiger partial charge on any atom is 0.228 e. The summed E-state index contributed by atoms with van der Waals surface area (Å²) in [7, 11) is -3.37. The van der Waals surface area contributed by atoms with Gasteiger partial charge >= 0.3 is 0 Å². The first-order valence-corrected chi connectivity index (χ1v) is 13.0. The quantitative estimate of drug-likeness (QED) is 0.625. The molecule has 1 heterocycles. The average molecular weight is 443 g/mol. The average Bonchev–Trinajstić information content (AvgIpc) is 2.80. The van der Waals surface area contributed by atoms with Crippen molar-refractivity contribution in [3.63, 3.8) is 0 Å². The third kappa shape index (κ3) is 6.17. The van der Waals surface area contributed by atoms with Crippen LogP contribution >= 0.6 is 0 Å². The Labute approximate surface area is 186 Å². The lowest BCUT2D eigenvalue weighted by atomic mass is 9.97. The number of sulfonamides is 1. The van der Waals surface area contributed by atoms with Crippen molar-refractivity contribution in [3.8, 4) is 0 Å². The second-order valence-corrected chi connectivity index (χ2v) is 10.3. The molecule has 1 N–H and O–H groups in total. The van der Waals surface area contributed by atoms with E-state index in [2.05, 4.69) is 19.2 Å². The fraction of sp³-hybridized carbons (Fsp3) is 0.480. The van der Waals surface area contributed by atoms with Crippen LogP contribution in [0.4, 0.5) is 5.69 Å². The number of benzene rings is 2. The second-order valence-electron chi connectivity index (χ2n) is 8.25. The summed E-state index contributed by atoms with van der Waals surface area (Å²) >= 11 is 0. The largest absolute Gasteiger partial charge is 0.325 e. The Morgan fingerprint density at radius 3 is 2.35 bits per heavy atom. The Hall–Kier alpha value is -2.18. The molecule has 0 aliphatic carbocycles. The molecule has 0 aromatic heterocycles. The van der Waals surface area contributed by atoms with Gasteiger partial charge in [0, 0.05) is 18.8 Å². The van der Waals surface area contributed by atoms with Crippen LogP contribution < -0.4 is 5.32 Å². The molecule has 1 fully saturated rings. The van der Waals surface area contributed by atoms with Gasteiger partial charge in [0.1, 0.15) is 0 Å². The minimum Gasteiger partial charge on any atom is -0.325 e. The van der Waals surface area contributed by atoms with E-state index in [1.165, 1.54) is 4.31 Å². The second kappa shape index (κ2) is 10.9. The molecule has 2 aromatic carbocycles. The summed E-state index contributed by atoms with van der Waals surface area (Å²) in [6, 6.07) is 16.0. The van der Waals surface area contributed by atoms with Gasteiger partial charge in [-0.15, -0.1) is 0 Å². The molecule has 0 bridgehead atoms. The van der Waals surface area contributed by atoms with Crippen molar-refractivity contribution in [1.29, 1.82) is 0 Å². The van der Waals surface area contributed by atoms with E-state index < -0.39 is 10.0 Å². The number of amides is 1. The topological polar surface area (TPSA) is 66.5 Å². The van der Waals surface area contributed by atoms with Gasteiger partial charge in [0.05, 0.1) is 11.7 Å². The van der Waals surface area contributed by atoms with Crippen molar-refractivity contribution in [3.05, 3.63) is 65.2 Å². The van der Waals surface area contributed by atoms with Crippen LogP contribution in [-0.2, 0) is 34.1 Å². The fourth-order valence-corrected chi connectivity index (χ4v) is 5.85. The molecule has 1 aliphatic rings. The highest BCUT2D eigenvalue weighted by Crippen LogP contribution is 2.26. The first-order valence-electron chi connectivity index (χ1n) is 11.4. The Kier molecular flexibility index (Phi) is 8.27. The van der Waals surface area contributed by atoms with E-state index in [0.717, 1.165) is 48.1 Å². The minimum atomic E-state index is -3.37. The number of nitrogens with one attached hydrogen (secondary N) is 1. The number of hydrogen-bond acceptors (Lipinski definition) is 3. The monoisotopic (exact) mass is 442 g/mol. The van der Waals surface area contributed by atoms with Crippen LogP contribution in [0.5, 0.6) is 0 Å². The molecule has 31 heavy (non-hydrogen) atoms. The first kappa shape index (κ1) is 23.5. The van der Waals surface area contributed by atoms with Crippen LogP contribution in [0, 0.1) is 5.92 Å². The van der Waals surface area contributed by atoms with Crippen LogP contribution in [0.2, 0.25) is 0 Å². The van der Waals surface area contributed by atoms with Gasteiger partial charge < -0.3 is 5.32 Å². The maximum absolute atomic E-state index is 13.0. The lowest BCUT2D eigenvalue weighted by molar-refractivity contribution is -0.120. The molecule has 0 saturated carbocycles. The van der Waals surface area contributed by atoms with Crippen LogP contribution in [0.25, 0.3) is 0 Å². The number of nitrogens with zero attached hydrogens (tertiary/aromatic N) is 1. The molecule has 168 valence electrons. The standard InChI is InChI=1S/C25H34N2O3S/c1-3-21-14-8-15-22(4-2)24(21)26-25(28)23-16-9-17-27(19-23)31(29,30)18-10-13-20-11-6-5-7-12-20/h5-8,11-12,14-15,23H,3-4,9-10,13,16-19H2,1-2H3,(H,26,28). The Morgan fingerprint density at radius 1 is 1.03 bits per heavy atom. The molecule has 0 spiro atoms. The molecule has 1 saturated heterocycles. The van der Waals surface area contributed by atoms with Crippen molar-refractivity contribution in [2.75, 3.05) is 24.2 Å². The van der Waals surface area contributed by atoms with Crippen molar-refractivity contribution in [2.45, 2.75) is 52.4 Å². The highest BCUT2D eigenvalue weighted by atomic mass is 32.2. The third-order valence-corrected chi connectivity index (χ3v) is 8.03. The van der Waals surface area contributed by atoms with E-state index in [-0.39, 0.29) is 24.1 Å². The van der Waals surface area contributed by atoms with E-state index in [4.69, 9.17) is 0 Å². The number of para-hydroxylation sites is 1. The Balaban J connectivity index is 1.61. The molecule has 1 amide bonds. The van der Waals surface area contributed by atoms with Gasteiger partial charge in [0.15, 0.2) is 0 Å². The molecular formula is C25H34N2O3S. The predicted octanol–water partition coefficient (Wildman–Crippen LogP) is 4.42. The van der Waals surface area contributed by atoms with E-state index >= 15 is 0 Å². The normalized spacial score (nSPS) is 17.4. The zero-order chi connectivity index (χ0) is 22.3. The van der Waals surface area contributed by atoms with Gasteiger partial charge in [0.2, 0.25) is 15.9 Å². The van der Waals surface area contributed by atoms with Crippen molar-refractivity contribution < 1.29 is 13.2 Å². The highest BCUT2D eigenvalue weighted by Gasteiger charge is 2.32. The number of rotatable bonds is 9. The molecule has 6 heteroatoms. The molecule has 1 atom stereocenters. The van der Waals surface area contributed by atoms with Gasteiger partial charge in [-0.05, 0) is 55.2 Å². The molecule has 5 nitrogen and oxygen atoms in total. The van der Waals surface area contributed by atoms with Crippen LogP contribution in [0.1, 0.15) is 49.8 Å². The lowest BCUT2D eigenvalue weighted by Gasteiger charge is -2.31. The first-order chi connectivity index (χ1) is 14.9. The Bertz CT molecular complexity index is 951. The minimum absolute atomic E-state index is 0.0696. The molecule has 2 aromatic rings. The zero-order valence-electron chi connectivity index (χ0n) is 18.6. The van der Waals surface area contributed by atoms with E-state index in [1.54, 1.807) is 0 Å². The van der Waals surface area contributed by atoms with Gasteiger partial charge in [0.25, 0.3) is 0 Å². The summed E-state index contributed by atoms with van der Waals surface area (Å²) in [5.41, 5.74) is 4.29. The number of carbonyl (C=O) groups is 1. The van der Waals surface area contributed by atoms with Crippen molar-refractivity contribution in [1.82, 2.24) is 4.31 Å². The lowest BCUT2D eigenvalue weighted by Crippen LogP contribution is -2.44. The summed E-state index contributed by atoms with van der Waals surface area (Å²) in [6.45, 7) is 4.93.